The lowest BCUT2D eigenvalue weighted by atomic mass is 10.2. The molecule has 3 heterocycles. The van der Waals surface area contributed by atoms with E-state index >= 15 is 0 Å². The van der Waals surface area contributed by atoms with Gasteiger partial charge in [0.15, 0.2) is 0 Å². The van der Waals surface area contributed by atoms with Gasteiger partial charge in [0.05, 0.1) is 29.3 Å². The van der Waals surface area contributed by atoms with E-state index in [-0.39, 0.29) is 0 Å². The Morgan fingerprint density at radius 3 is 3.04 bits per heavy atom. The average Bonchev–Trinajstić information content (AvgIpc) is 3.30. The van der Waals surface area contributed by atoms with E-state index in [1.54, 1.807) is 36.3 Å². The molecule has 0 spiro atoms. The third-order valence-corrected chi connectivity index (χ3v) is 4.02. The van der Waals surface area contributed by atoms with Gasteiger partial charge in [-0.3, -0.25) is 20.4 Å². The van der Waals surface area contributed by atoms with E-state index in [4.69, 9.17) is 0 Å². The first-order valence-corrected chi connectivity index (χ1v) is 8.42. The first-order valence-electron chi connectivity index (χ1n) is 7.54. The normalized spacial score (nSPS) is 11.1. The number of urea groups is 1. The number of carbonyl (C=O) groups is 1. The molecule has 0 bridgehead atoms. The summed E-state index contributed by atoms with van der Waals surface area (Å²) in [6.45, 7) is 0. The first kappa shape index (κ1) is 15.8. The summed E-state index contributed by atoms with van der Waals surface area (Å²) in [5.74, 6) is 0. The molecule has 0 aliphatic heterocycles. The zero-order valence-corrected chi connectivity index (χ0v) is 14.1. The Hall–Kier alpha value is -3.66. The quantitative estimate of drug-likeness (QED) is 0.480. The fraction of sp³-hybridized carbons (Fsp3) is 0. The van der Waals surface area contributed by atoms with Crippen molar-refractivity contribution in [3.8, 4) is 0 Å². The summed E-state index contributed by atoms with van der Waals surface area (Å²) < 4.78 is 0. The number of aliphatic imine (C=N–C) groups is 1. The van der Waals surface area contributed by atoms with Crippen LogP contribution in [0.5, 0.6) is 0 Å². The topological polar surface area (TPSA) is 121 Å². The summed E-state index contributed by atoms with van der Waals surface area (Å²) in [6, 6.07) is 8.72. The lowest BCUT2D eigenvalue weighted by molar-refractivity contribution is 0.262. The molecule has 128 valence electrons. The summed E-state index contributed by atoms with van der Waals surface area (Å²) in [5.41, 5.74) is 4.39. The van der Waals surface area contributed by atoms with Crippen LogP contribution in [0.1, 0.15) is 5.69 Å². The van der Waals surface area contributed by atoms with Gasteiger partial charge < -0.3 is 5.32 Å². The van der Waals surface area contributed by atoms with E-state index in [0.29, 0.717) is 16.3 Å². The van der Waals surface area contributed by atoms with Gasteiger partial charge in [-0.25, -0.2) is 4.79 Å². The number of nitrogens with zero attached hydrogens (tertiary/aromatic N) is 5. The minimum absolute atomic E-state index is 0.394. The number of nitrogens with one attached hydrogen (secondary N) is 3. The van der Waals surface area contributed by atoms with Gasteiger partial charge >= 0.3 is 6.03 Å². The monoisotopic (exact) mass is 364 g/mol. The number of hydrogen-bond donors (Lipinski definition) is 3. The number of aromatic amines is 1. The highest BCUT2D eigenvalue weighted by molar-refractivity contribution is 7.13. The van der Waals surface area contributed by atoms with Crippen LogP contribution < -0.4 is 10.6 Å². The number of amides is 2. The highest BCUT2D eigenvalue weighted by Gasteiger charge is 2.08. The van der Waals surface area contributed by atoms with Gasteiger partial charge in [0.2, 0.25) is 5.13 Å². The fourth-order valence-corrected chi connectivity index (χ4v) is 2.70. The molecular weight excluding hydrogens is 352 g/mol. The Morgan fingerprint density at radius 2 is 2.23 bits per heavy atom. The lowest BCUT2D eigenvalue weighted by Crippen LogP contribution is -2.19. The predicted octanol–water partition coefficient (Wildman–Crippen LogP) is 3.20. The molecule has 26 heavy (non-hydrogen) atoms. The van der Waals surface area contributed by atoms with Gasteiger partial charge in [-0.1, -0.05) is 11.3 Å². The van der Waals surface area contributed by atoms with Crippen LogP contribution in [-0.2, 0) is 0 Å². The molecule has 4 rings (SSSR count). The van der Waals surface area contributed by atoms with Crippen molar-refractivity contribution in [2.24, 2.45) is 4.99 Å². The second-order valence-electron chi connectivity index (χ2n) is 5.16. The van der Waals surface area contributed by atoms with Crippen molar-refractivity contribution in [1.29, 1.82) is 0 Å². The van der Waals surface area contributed by atoms with Crippen LogP contribution in [0, 0.1) is 0 Å². The highest BCUT2D eigenvalue weighted by atomic mass is 32.1. The number of carbonyl (C=O) groups excluding carboxylic acids is 1. The molecule has 0 saturated heterocycles. The van der Waals surface area contributed by atoms with Crippen molar-refractivity contribution in [1.82, 2.24) is 25.4 Å². The Morgan fingerprint density at radius 1 is 1.27 bits per heavy atom. The van der Waals surface area contributed by atoms with Crippen molar-refractivity contribution in [3.05, 3.63) is 53.9 Å². The molecule has 10 heteroatoms. The minimum atomic E-state index is -0.394. The Labute approximate surface area is 151 Å². The van der Waals surface area contributed by atoms with Gasteiger partial charge in [-0.2, -0.15) is 5.10 Å². The molecule has 3 aromatic heterocycles. The van der Waals surface area contributed by atoms with E-state index in [2.05, 4.69) is 41.0 Å². The number of pyridine rings is 1. The molecule has 0 saturated carbocycles. The number of fused-ring (bicyclic) bond motifs is 1. The standard InChI is InChI=1S/C16H12N8OS/c25-15(21-16-24-19-9-26-16)20-10-3-4-12-13(6-10)22-23-14(12)8-18-11-2-1-5-17-7-11/h1-9H,(H,22,23)(H2,20,21,24,25). The van der Waals surface area contributed by atoms with Gasteiger partial charge in [0.25, 0.3) is 0 Å². The second kappa shape index (κ2) is 7.07. The third-order valence-electron chi connectivity index (χ3n) is 3.41. The average molecular weight is 364 g/mol. The summed E-state index contributed by atoms with van der Waals surface area (Å²) >= 11 is 1.24. The Bertz CT molecular complexity index is 1060. The van der Waals surface area contributed by atoms with Crippen LogP contribution in [0.3, 0.4) is 0 Å². The van der Waals surface area contributed by atoms with Crippen molar-refractivity contribution in [2.45, 2.75) is 0 Å². The van der Waals surface area contributed by atoms with E-state index in [1.165, 1.54) is 11.3 Å². The van der Waals surface area contributed by atoms with Gasteiger partial charge in [-0.05, 0) is 30.3 Å². The van der Waals surface area contributed by atoms with E-state index in [1.807, 2.05) is 18.2 Å². The zero-order chi connectivity index (χ0) is 17.8. The van der Waals surface area contributed by atoms with E-state index in [0.717, 1.165) is 16.8 Å². The Balaban J connectivity index is 1.50. The fourth-order valence-electron chi connectivity index (χ4n) is 2.26. The SMILES string of the molecule is O=C(Nc1ccc2c(C=Nc3cccnc3)[nH]nc2c1)Nc1nncs1. The van der Waals surface area contributed by atoms with E-state index < -0.39 is 6.03 Å². The first-order chi connectivity index (χ1) is 12.8. The Kier molecular flexibility index (Phi) is 4.31. The number of benzene rings is 1. The summed E-state index contributed by atoms with van der Waals surface area (Å²) in [6.07, 6.45) is 5.07. The predicted molar refractivity (Wildman–Crippen MR) is 100 cm³/mol. The number of anilines is 2. The van der Waals surface area contributed by atoms with Crippen LogP contribution in [0.4, 0.5) is 21.3 Å². The lowest BCUT2D eigenvalue weighted by Gasteiger charge is -2.04. The van der Waals surface area contributed by atoms with Crippen molar-refractivity contribution < 1.29 is 4.79 Å². The number of hydrogen-bond acceptors (Lipinski definition) is 7. The minimum Gasteiger partial charge on any atom is -0.308 e. The molecule has 3 N–H and O–H groups in total. The van der Waals surface area contributed by atoms with Crippen molar-refractivity contribution in [3.63, 3.8) is 0 Å². The molecule has 0 aliphatic rings. The third kappa shape index (κ3) is 3.54. The van der Waals surface area contributed by atoms with Crippen LogP contribution >= 0.6 is 11.3 Å². The van der Waals surface area contributed by atoms with E-state index in [9.17, 15) is 4.79 Å². The largest absolute Gasteiger partial charge is 0.325 e. The number of H-pyrrole nitrogens is 1. The number of rotatable bonds is 4. The van der Waals surface area contributed by atoms with Crippen LogP contribution in [0.15, 0.2) is 53.2 Å². The second-order valence-corrected chi connectivity index (χ2v) is 5.99. The molecule has 0 radical (unpaired) electrons. The summed E-state index contributed by atoms with van der Waals surface area (Å²) in [7, 11) is 0. The van der Waals surface area contributed by atoms with Crippen LogP contribution in [0.2, 0.25) is 0 Å². The molecular formula is C16H12N8OS. The van der Waals surface area contributed by atoms with Gasteiger partial charge in [0.1, 0.15) is 5.51 Å². The molecule has 1 aromatic carbocycles. The summed E-state index contributed by atoms with van der Waals surface area (Å²) in [5, 5.41) is 21.3. The maximum absolute atomic E-state index is 11.9. The molecule has 0 aliphatic carbocycles. The maximum atomic E-state index is 11.9. The van der Waals surface area contributed by atoms with Gasteiger partial charge in [-0.15, -0.1) is 10.2 Å². The van der Waals surface area contributed by atoms with Gasteiger partial charge in [0, 0.05) is 17.3 Å². The highest BCUT2D eigenvalue weighted by Crippen LogP contribution is 2.20. The molecule has 0 atom stereocenters. The zero-order valence-electron chi connectivity index (χ0n) is 13.2. The molecule has 9 nitrogen and oxygen atoms in total. The summed E-state index contributed by atoms with van der Waals surface area (Å²) in [4.78, 5) is 20.3. The molecule has 0 fully saturated rings. The van der Waals surface area contributed by atoms with Crippen molar-refractivity contribution in [2.75, 3.05) is 10.6 Å². The molecule has 4 aromatic rings. The smallest absolute Gasteiger partial charge is 0.308 e. The number of aromatic nitrogens is 5. The molecule has 2 amide bonds. The molecule has 0 unspecified atom stereocenters. The maximum Gasteiger partial charge on any atom is 0.325 e. The van der Waals surface area contributed by atoms with Crippen LogP contribution in [-0.4, -0.2) is 37.6 Å². The van der Waals surface area contributed by atoms with Crippen molar-refractivity contribution >= 4 is 51.0 Å². The van der Waals surface area contributed by atoms with Crippen LogP contribution in [0.25, 0.3) is 10.9 Å².